The molecule has 1 aromatic rings. The maximum absolute atomic E-state index is 11.9. The van der Waals surface area contributed by atoms with Crippen molar-refractivity contribution in [2.24, 2.45) is 5.92 Å². The van der Waals surface area contributed by atoms with Crippen LogP contribution in [-0.4, -0.2) is 31.8 Å². The van der Waals surface area contributed by atoms with Gasteiger partial charge in [0.05, 0.1) is 5.56 Å². The van der Waals surface area contributed by atoms with Gasteiger partial charge in [0.25, 0.3) is 5.91 Å². The largest absolute Gasteiger partial charge is 0.352 e. The first kappa shape index (κ1) is 14.4. The molecule has 0 aliphatic carbocycles. The molecule has 17 heavy (non-hydrogen) atoms. The van der Waals surface area contributed by atoms with Gasteiger partial charge in [0, 0.05) is 30.4 Å². The molecule has 1 amide bonds. The molecular weight excluding hydrogens is 256 g/mol. The lowest BCUT2D eigenvalue weighted by atomic mass is 10.0. The highest BCUT2D eigenvalue weighted by molar-refractivity contribution is 7.98. The second-order valence-electron chi connectivity index (χ2n) is 3.93. The lowest BCUT2D eigenvalue weighted by molar-refractivity contribution is 0.0939. The smallest absolute Gasteiger partial charge is 0.252 e. The van der Waals surface area contributed by atoms with E-state index >= 15 is 0 Å². The minimum Gasteiger partial charge on any atom is -0.352 e. The van der Waals surface area contributed by atoms with Gasteiger partial charge in [-0.1, -0.05) is 12.1 Å². The van der Waals surface area contributed by atoms with Crippen molar-refractivity contribution in [1.29, 1.82) is 0 Å². The molecule has 2 rings (SSSR count). The van der Waals surface area contributed by atoms with Crippen molar-refractivity contribution in [1.82, 2.24) is 10.6 Å². The Morgan fingerprint density at radius 2 is 2.18 bits per heavy atom. The minimum atomic E-state index is 0. The maximum Gasteiger partial charge on any atom is 0.252 e. The van der Waals surface area contributed by atoms with Crippen LogP contribution in [0.4, 0.5) is 0 Å². The Labute approximate surface area is 112 Å². The van der Waals surface area contributed by atoms with Crippen molar-refractivity contribution < 1.29 is 4.79 Å². The van der Waals surface area contributed by atoms with E-state index in [9.17, 15) is 4.79 Å². The van der Waals surface area contributed by atoms with E-state index in [1.165, 1.54) is 0 Å². The molecule has 0 spiro atoms. The van der Waals surface area contributed by atoms with E-state index in [0.717, 1.165) is 30.1 Å². The fraction of sp³-hybridized carbons (Fsp3) is 0.417. The Bertz CT molecular complexity index is 383. The fourth-order valence-corrected chi connectivity index (χ4v) is 2.25. The van der Waals surface area contributed by atoms with Crippen molar-refractivity contribution >= 4 is 30.1 Å². The molecule has 1 aliphatic heterocycles. The summed E-state index contributed by atoms with van der Waals surface area (Å²) in [5.74, 6) is 0.641. The molecule has 3 nitrogen and oxygen atoms in total. The highest BCUT2D eigenvalue weighted by Crippen LogP contribution is 2.19. The summed E-state index contributed by atoms with van der Waals surface area (Å²) in [5, 5.41) is 6.18. The first-order chi connectivity index (χ1) is 7.81. The molecular formula is C12H17ClN2OS. The van der Waals surface area contributed by atoms with E-state index in [2.05, 4.69) is 10.6 Å². The van der Waals surface area contributed by atoms with Gasteiger partial charge in [-0.2, -0.15) is 0 Å². The van der Waals surface area contributed by atoms with Crippen LogP contribution in [0.1, 0.15) is 10.4 Å². The highest BCUT2D eigenvalue weighted by atomic mass is 35.5. The number of hydrogen-bond acceptors (Lipinski definition) is 3. The summed E-state index contributed by atoms with van der Waals surface area (Å²) in [5.41, 5.74) is 0.780. The van der Waals surface area contributed by atoms with Crippen molar-refractivity contribution in [2.45, 2.75) is 4.90 Å². The summed E-state index contributed by atoms with van der Waals surface area (Å²) in [6.07, 6.45) is 1.99. The van der Waals surface area contributed by atoms with Crippen LogP contribution in [-0.2, 0) is 0 Å². The van der Waals surface area contributed by atoms with Gasteiger partial charge in [0.15, 0.2) is 0 Å². The van der Waals surface area contributed by atoms with Crippen LogP contribution in [0.3, 0.4) is 0 Å². The fourth-order valence-electron chi connectivity index (χ4n) is 1.66. The second kappa shape index (κ2) is 6.89. The average Bonchev–Trinajstić information content (AvgIpc) is 2.26. The van der Waals surface area contributed by atoms with E-state index in [0.29, 0.717) is 5.92 Å². The van der Waals surface area contributed by atoms with Gasteiger partial charge in [-0.3, -0.25) is 4.79 Å². The number of nitrogens with one attached hydrogen (secondary N) is 2. The third-order valence-corrected chi connectivity index (χ3v) is 3.56. The third kappa shape index (κ3) is 3.63. The zero-order chi connectivity index (χ0) is 11.4. The van der Waals surface area contributed by atoms with Gasteiger partial charge in [-0.05, 0) is 18.4 Å². The summed E-state index contributed by atoms with van der Waals surface area (Å²) in [4.78, 5) is 13.0. The molecule has 1 fully saturated rings. The Morgan fingerprint density at radius 1 is 1.47 bits per heavy atom. The Morgan fingerprint density at radius 3 is 2.76 bits per heavy atom. The Kier molecular flexibility index (Phi) is 5.82. The van der Waals surface area contributed by atoms with Crippen LogP contribution in [0.15, 0.2) is 29.2 Å². The summed E-state index contributed by atoms with van der Waals surface area (Å²) < 4.78 is 0. The van der Waals surface area contributed by atoms with Gasteiger partial charge >= 0.3 is 0 Å². The van der Waals surface area contributed by atoms with Crippen molar-refractivity contribution in [3.8, 4) is 0 Å². The van der Waals surface area contributed by atoms with Crippen LogP contribution in [0.25, 0.3) is 0 Å². The van der Waals surface area contributed by atoms with Crippen LogP contribution < -0.4 is 10.6 Å². The lowest BCUT2D eigenvalue weighted by Crippen LogP contribution is -2.48. The number of rotatable bonds is 4. The normalized spacial score (nSPS) is 14.6. The van der Waals surface area contributed by atoms with E-state index in [1.54, 1.807) is 11.8 Å². The molecule has 0 radical (unpaired) electrons. The van der Waals surface area contributed by atoms with E-state index in [4.69, 9.17) is 0 Å². The predicted molar refractivity (Wildman–Crippen MR) is 74.2 cm³/mol. The summed E-state index contributed by atoms with van der Waals surface area (Å²) in [6, 6.07) is 7.71. The van der Waals surface area contributed by atoms with Crippen LogP contribution in [0, 0.1) is 5.92 Å². The molecule has 94 valence electrons. The maximum atomic E-state index is 11.9. The van der Waals surface area contributed by atoms with Crippen molar-refractivity contribution in [3.05, 3.63) is 29.8 Å². The molecule has 0 aromatic heterocycles. The average molecular weight is 273 g/mol. The monoisotopic (exact) mass is 272 g/mol. The Balaban J connectivity index is 0.00000144. The van der Waals surface area contributed by atoms with Gasteiger partial charge < -0.3 is 10.6 Å². The molecule has 0 bridgehead atoms. The highest BCUT2D eigenvalue weighted by Gasteiger charge is 2.18. The molecule has 1 heterocycles. The van der Waals surface area contributed by atoms with Gasteiger partial charge in [0.1, 0.15) is 0 Å². The molecule has 0 unspecified atom stereocenters. The molecule has 1 aromatic carbocycles. The number of amides is 1. The third-order valence-electron chi connectivity index (χ3n) is 2.77. The standard InChI is InChI=1S/C12H16N2OS.ClH/c1-16-11-5-3-2-4-10(11)12(15)14-8-9-6-13-7-9;/h2-5,9,13H,6-8H2,1H3,(H,14,15);1H. The quantitative estimate of drug-likeness (QED) is 0.821. The zero-order valence-electron chi connectivity index (χ0n) is 9.73. The predicted octanol–water partition coefficient (Wildman–Crippen LogP) is 1.78. The topological polar surface area (TPSA) is 41.1 Å². The number of hydrogen-bond donors (Lipinski definition) is 2. The molecule has 1 saturated heterocycles. The molecule has 1 aliphatic rings. The number of carbonyl (C=O) groups excluding carboxylic acids is 1. The minimum absolute atomic E-state index is 0. The zero-order valence-corrected chi connectivity index (χ0v) is 11.4. The summed E-state index contributed by atoms with van der Waals surface area (Å²) in [6.45, 7) is 2.81. The van der Waals surface area contributed by atoms with Gasteiger partial charge in [-0.25, -0.2) is 0 Å². The molecule has 5 heteroatoms. The van der Waals surface area contributed by atoms with Crippen LogP contribution in [0.2, 0.25) is 0 Å². The number of thioether (sulfide) groups is 1. The number of halogens is 1. The molecule has 2 N–H and O–H groups in total. The summed E-state index contributed by atoms with van der Waals surface area (Å²) >= 11 is 1.60. The number of carbonyl (C=O) groups is 1. The molecule has 0 atom stereocenters. The Hall–Kier alpha value is -0.710. The first-order valence-corrected chi connectivity index (χ1v) is 6.65. The van der Waals surface area contributed by atoms with Crippen LogP contribution >= 0.6 is 24.2 Å². The van der Waals surface area contributed by atoms with Gasteiger partial charge in [-0.15, -0.1) is 24.2 Å². The van der Waals surface area contributed by atoms with Crippen molar-refractivity contribution in [2.75, 3.05) is 25.9 Å². The van der Waals surface area contributed by atoms with Crippen molar-refractivity contribution in [3.63, 3.8) is 0 Å². The molecule has 0 saturated carbocycles. The SMILES string of the molecule is CSc1ccccc1C(=O)NCC1CNC1.Cl. The van der Waals surface area contributed by atoms with E-state index < -0.39 is 0 Å². The lowest BCUT2D eigenvalue weighted by Gasteiger charge is -2.27. The van der Waals surface area contributed by atoms with Crippen LogP contribution in [0.5, 0.6) is 0 Å². The van der Waals surface area contributed by atoms with Gasteiger partial charge in [0.2, 0.25) is 0 Å². The summed E-state index contributed by atoms with van der Waals surface area (Å²) in [7, 11) is 0. The number of benzene rings is 1. The van der Waals surface area contributed by atoms with E-state index in [-0.39, 0.29) is 18.3 Å². The van der Waals surface area contributed by atoms with E-state index in [1.807, 2.05) is 30.5 Å². The second-order valence-corrected chi connectivity index (χ2v) is 4.78. The first-order valence-electron chi connectivity index (χ1n) is 5.43.